The fraction of sp³-hybridized carbons (Fsp3) is 0.600. The Morgan fingerprint density at radius 2 is 1.74 bits per heavy atom. The number of hydrogen-bond donors (Lipinski definition) is 2. The summed E-state index contributed by atoms with van der Waals surface area (Å²) in [6, 6.07) is 0. The van der Waals surface area contributed by atoms with Crippen molar-refractivity contribution in [2.75, 3.05) is 0 Å². The second kappa shape index (κ2) is 5.19. The highest BCUT2D eigenvalue weighted by atomic mass is 16.4. The maximum Gasteiger partial charge on any atom is 0.335 e. The van der Waals surface area contributed by atoms with Crippen molar-refractivity contribution in [1.82, 2.24) is 0 Å². The first kappa shape index (κ1) is 15.5. The van der Waals surface area contributed by atoms with E-state index in [-0.39, 0.29) is 17.4 Å². The molecule has 1 rings (SSSR count). The normalized spacial score (nSPS) is 27.2. The van der Waals surface area contributed by atoms with E-state index in [1.807, 2.05) is 40.7 Å². The van der Waals surface area contributed by atoms with Crippen LogP contribution in [0.4, 0.5) is 0 Å². The predicted molar refractivity (Wildman–Crippen MR) is 72.7 cm³/mol. The van der Waals surface area contributed by atoms with Crippen LogP contribution in [0.25, 0.3) is 0 Å². The maximum atomic E-state index is 11.5. The van der Waals surface area contributed by atoms with E-state index in [4.69, 9.17) is 0 Å². The number of rotatable bonds is 4. The van der Waals surface area contributed by atoms with Crippen molar-refractivity contribution >= 4 is 11.9 Å². The molecule has 0 spiro atoms. The highest BCUT2D eigenvalue weighted by Crippen LogP contribution is 2.45. The molecular weight excluding hydrogens is 244 g/mol. The maximum absolute atomic E-state index is 11.5. The van der Waals surface area contributed by atoms with Gasteiger partial charge in [0.15, 0.2) is 0 Å². The van der Waals surface area contributed by atoms with Crippen LogP contribution in [-0.2, 0) is 9.59 Å². The summed E-state index contributed by atoms with van der Waals surface area (Å²) in [5.74, 6) is -2.68. The summed E-state index contributed by atoms with van der Waals surface area (Å²) >= 11 is 0. The minimum absolute atomic E-state index is 0.0511. The zero-order valence-electron chi connectivity index (χ0n) is 12.1. The van der Waals surface area contributed by atoms with Crippen molar-refractivity contribution in [3.63, 3.8) is 0 Å². The van der Waals surface area contributed by atoms with Gasteiger partial charge in [-0.15, -0.1) is 0 Å². The second-order valence-corrected chi connectivity index (χ2v) is 5.98. The quantitative estimate of drug-likeness (QED) is 0.820. The molecule has 0 bridgehead atoms. The minimum atomic E-state index is -1.06. The molecule has 4 heteroatoms. The molecule has 0 aromatic carbocycles. The highest BCUT2D eigenvalue weighted by Gasteiger charge is 2.43. The summed E-state index contributed by atoms with van der Waals surface area (Å²) in [5, 5.41) is 18.6. The van der Waals surface area contributed by atoms with Crippen molar-refractivity contribution in [3.05, 3.63) is 23.3 Å². The average molecular weight is 266 g/mol. The third-order valence-corrected chi connectivity index (χ3v) is 4.14. The van der Waals surface area contributed by atoms with Crippen LogP contribution >= 0.6 is 0 Å². The SMILES string of the molecule is CC(C)C1=CC(C)(C(C)C)C(C(=O)O)C=C1C(=O)O. The molecule has 0 amide bonds. The van der Waals surface area contributed by atoms with Crippen LogP contribution in [0, 0.1) is 23.2 Å². The van der Waals surface area contributed by atoms with Gasteiger partial charge in [-0.1, -0.05) is 46.8 Å². The molecule has 0 aromatic heterocycles. The van der Waals surface area contributed by atoms with Gasteiger partial charge in [0.05, 0.1) is 11.5 Å². The molecule has 0 heterocycles. The third kappa shape index (κ3) is 2.72. The summed E-state index contributed by atoms with van der Waals surface area (Å²) in [5.41, 5.74) is 0.284. The van der Waals surface area contributed by atoms with Crippen LogP contribution in [0.1, 0.15) is 34.6 Å². The first-order chi connectivity index (χ1) is 8.61. The topological polar surface area (TPSA) is 74.6 Å². The lowest BCUT2D eigenvalue weighted by molar-refractivity contribution is -0.143. The van der Waals surface area contributed by atoms with Crippen LogP contribution in [-0.4, -0.2) is 22.2 Å². The molecular formula is C15H22O4. The summed E-state index contributed by atoms with van der Waals surface area (Å²) < 4.78 is 0. The largest absolute Gasteiger partial charge is 0.481 e. The molecule has 0 aromatic rings. The molecule has 0 fully saturated rings. The van der Waals surface area contributed by atoms with Gasteiger partial charge in [0, 0.05) is 5.41 Å². The van der Waals surface area contributed by atoms with E-state index in [2.05, 4.69) is 0 Å². The molecule has 0 saturated carbocycles. The summed E-state index contributed by atoms with van der Waals surface area (Å²) in [7, 11) is 0. The number of hydrogen-bond acceptors (Lipinski definition) is 2. The van der Waals surface area contributed by atoms with E-state index < -0.39 is 23.3 Å². The Labute approximate surface area is 113 Å². The van der Waals surface area contributed by atoms with E-state index in [0.717, 1.165) is 5.57 Å². The van der Waals surface area contributed by atoms with Crippen molar-refractivity contribution in [2.45, 2.75) is 34.6 Å². The van der Waals surface area contributed by atoms with Gasteiger partial charge in [-0.3, -0.25) is 4.79 Å². The fourth-order valence-corrected chi connectivity index (χ4v) is 2.48. The lowest BCUT2D eigenvalue weighted by atomic mass is 9.63. The Morgan fingerprint density at radius 3 is 2.05 bits per heavy atom. The molecule has 1 aliphatic carbocycles. The van der Waals surface area contributed by atoms with E-state index in [1.165, 1.54) is 6.08 Å². The van der Waals surface area contributed by atoms with E-state index >= 15 is 0 Å². The highest BCUT2D eigenvalue weighted by molar-refractivity contribution is 5.94. The molecule has 0 radical (unpaired) electrons. The Bertz CT molecular complexity index is 457. The smallest absolute Gasteiger partial charge is 0.335 e. The Kier molecular flexibility index (Phi) is 4.23. The molecule has 2 N–H and O–H groups in total. The summed E-state index contributed by atoms with van der Waals surface area (Å²) in [6.45, 7) is 9.65. The molecule has 2 atom stereocenters. The average Bonchev–Trinajstić information content (AvgIpc) is 2.27. The monoisotopic (exact) mass is 266 g/mol. The number of aliphatic carboxylic acids is 2. The molecule has 19 heavy (non-hydrogen) atoms. The van der Waals surface area contributed by atoms with Crippen LogP contribution in [0.15, 0.2) is 23.3 Å². The first-order valence-corrected chi connectivity index (χ1v) is 6.52. The Morgan fingerprint density at radius 1 is 1.21 bits per heavy atom. The van der Waals surface area contributed by atoms with Crippen molar-refractivity contribution in [3.8, 4) is 0 Å². The molecule has 106 valence electrons. The van der Waals surface area contributed by atoms with Gasteiger partial charge < -0.3 is 10.2 Å². The van der Waals surface area contributed by atoms with Gasteiger partial charge in [0.2, 0.25) is 0 Å². The second-order valence-electron chi connectivity index (χ2n) is 5.98. The van der Waals surface area contributed by atoms with Crippen molar-refractivity contribution in [1.29, 1.82) is 0 Å². The molecule has 0 saturated heterocycles. The van der Waals surface area contributed by atoms with Crippen LogP contribution in [0.5, 0.6) is 0 Å². The molecule has 2 unspecified atom stereocenters. The summed E-state index contributed by atoms with van der Waals surface area (Å²) in [6.07, 6.45) is 3.25. The summed E-state index contributed by atoms with van der Waals surface area (Å²) in [4.78, 5) is 22.8. The van der Waals surface area contributed by atoms with Gasteiger partial charge in [-0.25, -0.2) is 4.79 Å². The van der Waals surface area contributed by atoms with Gasteiger partial charge >= 0.3 is 11.9 Å². The molecule has 1 aliphatic rings. The Hall–Kier alpha value is -1.58. The fourth-order valence-electron chi connectivity index (χ4n) is 2.48. The first-order valence-electron chi connectivity index (χ1n) is 6.52. The lowest BCUT2D eigenvalue weighted by Crippen LogP contribution is -2.38. The number of carbonyl (C=O) groups is 2. The van der Waals surface area contributed by atoms with Gasteiger partial charge in [-0.2, -0.15) is 0 Å². The predicted octanol–water partition coefficient (Wildman–Crippen LogP) is 2.96. The van der Waals surface area contributed by atoms with Gasteiger partial charge in [0.25, 0.3) is 0 Å². The number of allylic oxidation sites excluding steroid dienone is 1. The number of carboxylic acid groups (broad SMARTS) is 2. The van der Waals surface area contributed by atoms with Crippen LogP contribution in [0.3, 0.4) is 0 Å². The zero-order chi connectivity index (χ0) is 15.0. The zero-order valence-corrected chi connectivity index (χ0v) is 12.1. The van der Waals surface area contributed by atoms with Gasteiger partial charge in [0.1, 0.15) is 0 Å². The lowest BCUT2D eigenvalue weighted by Gasteiger charge is -2.39. The minimum Gasteiger partial charge on any atom is -0.481 e. The molecule has 4 nitrogen and oxygen atoms in total. The van der Waals surface area contributed by atoms with E-state index in [0.29, 0.717) is 0 Å². The van der Waals surface area contributed by atoms with Gasteiger partial charge in [-0.05, 0) is 17.4 Å². The standard InChI is InChI=1S/C15H22O4/c1-8(2)11-7-15(5,9(3)4)12(14(18)19)6-10(11)13(16)17/h6-9,12H,1-5H3,(H,16,17)(H,18,19). The Balaban J connectivity index is 3.45. The van der Waals surface area contributed by atoms with E-state index in [1.54, 1.807) is 0 Å². The van der Waals surface area contributed by atoms with Crippen LogP contribution in [0.2, 0.25) is 0 Å². The third-order valence-electron chi connectivity index (χ3n) is 4.14. The molecule has 0 aliphatic heterocycles. The van der Waals surface area contributed by atoms with Crippen LogP contribution < -0.4 is 0 Å². The van der Waals surface area contributed by atoms with Crippen molar-refractivity contribution < 1.29 is 19.8 Å². The number of carboxylic acids is 2. The van der Waals surface area contributed by atoms with E-state index in [9.17, 15) is 19.8 Å². The van der Waals surface area contributed by atoms with Crippen molar-refractivity contribution in [2.24, 2.45) is 23.2 Å².